The summed E-state index contributed by atoms with van der Waals surface area (Å²) >= 11 is 0. The first-order valence-corrected chi connectivity index (χ1v) is 6.47. The maximum Gasteiger partial charge on any atom is 0.330 e. The molecule has 6 nitrogen and oxygen atoms in total. The molecule has 118 valence electrons. The zero-order valence-corrected chi connectivity index (χ0v) is 12.3. The van der Waals surface area contributed by atoms with Crippen molar-refractivity contribution in [2.75, 3.05) is 26.4 Å². The summed E-state index contributed by atoms with van der Waals surface area (Å²) < 4.78 is 10.1. The minimum Gasteiger partial charge on any atom is -0.462 e. The normalized spacial score (nSPS) is 10.5. The van der Waals surface area contributed by atoms with E-state index in [9.17, 15) is 9.59 Å². The van der Waals surface area contributed by atoms with Crippen LogP contribution >= 0.6 is 0 Å². The average molecular weight is 298 g/mol. The molecule has 6 heteroatoms. The van der Waals surface area contributed by atoms with Crippen LogP contribution in [0.3, 0.4) is 0 Å². The van der Waals surface area contributed by atoms with Crippen LogP contribution in [-0.4, -0.2) is 38.4 Å². The third-order valence-electron chi connectivity index (χ3n) is 2.76. The van der Waals surface area contributed by atoms with Crippen LogP contribution in [0.15, 0.2) is 38.0 Å². The van der Waals surface area contributed by atoms with E-state index in [2.05, 4.69) is 19.7 Å². The second-order valence-corrected chi connectivity index (χ2v) is 4.31. The van der Waals surface area contributed by atoms with Crippen LogP contribution in [0.5, 0.6) is 0 Å². The summed E-state index contributed by atoms with van der Waals surface area (Å²) in [4.78, 5) is 32.3. The van der Waals surface area contributed by atoms with Gasteiger partial charge in [-0.05, 0) is 6.42 Å². The standard InChI is InChI=1S/C15H22O6/c1-5-9-20-21-12-15(8-4,10-18-13(16)6-2)11-19-14(17)7-3/h5-7H,1-3,8-12H2,4H3. The molecule has 0 aliphatic rings. The van der Waals surface area contributed by atoms with E-state index in [0.29, 0.717) is 6.42 Å². The molecular weight excluding hydrogens is 276 g/mol. The third kappa shape index (κ3) is 8.06. The summed E-state index contributed by atoms with van der Waals surface area (Å²) in [6.07, 6.45) is 4.19. The largest absolute Gasteiger partial charge is 0.462 e. The number of esters is 2. The van der Waals surface area contributed by atoms with E-state index < -0.39 is 17.4 Å². The molecule has 0 atom stereocenters. The van der Waals surface area contributed by atoms with Crippen molar-refractivity contribution in [3.63, 3.8) is 0 Å². The molecule has 0 N–H and O–H groups in total. The van der Waals surface area contributed by atoms with Gasteiger partial charge in [-0.2, -0.15) is 0 Å². The lowest BCUT2D eigenvalue weighted by Gasteiger charge is -2.30. The Hall–Kier alpha value is -1.92. The summed E-state index contributed by atoms with van der Waals surface area (Å²) in [6.45, 7) is 12.3. The fourth-order valence-corrected chi connectivity index (χ4v) is 1.26. The lowest BCUT2D eigenvalue weighted by molar-refractivity contribution is -0.307. The van der Waals surface area contributed by atoms with Gasteiger partial charge in [-0.3, -0.25) is 0 Å². The van der Waals surface area contributed by atoms with E-state index in [0.717, 1.165) is 12.2 Å². The quantitative estimate of drug-likeness (QED) is 0.137. The van der Waals surface area contributed by atoms with Gasteiger partial charge in [-0.25, -0.2) is 19.4 Å². The van der Waals surface area contributed by atoms with Crippen LogP contribution in [0.4, 0.5) is 0 Å². The van der Waals surface area contributed by atoms with Gasteiger partial charge in [0.05, 0.1) is 12.0 Å². The van der Waals surface area contributed by atoms with Crippen LogP contribution in [0, 0.1) is 5.41 Å². The van der Waals surface area contributed by atoms with Gasteiger partial charge in [0.15, 0.2) is 0 Å². The Bertz CT molecular complexity index is 350. The topological polar surface area (TPSA) is 71.1 Å². The molecule has 0 spiro atoms. The lowest BCUT2D eigenvalue weighted by atomic mass is 9.88. The maximum atomic E-state index is 11.2. The van der Waals surface area contributed by atoms with Crippen molar-refractivity contribution in [1.29, 1.82) is 0 Å². The minimum absolute atomic E-state index is 0.0101. The summed E-state index contributed by atoms with van der Waals surface area (Å²) in [7, 11) is 0. The molecule has 0 aromatic rings. The predicted molar refractivity (Wildman–Crippen MR) is 77.1 cm³/mol. The molecule has 0 aliphatic carbocycles. The van der Waals surface area contributed by atoms with Gasteiger partial charge >= 0.3 is 11.9 Å². The maximum absolute atomic E-state index is 11.2. The molecule has 0 fully saturated rings. The van der Waals surface area contributed by atoms with E-state index in [-0.39, 0.29) is 26.4 Å². The number of carbonyl (C=O) groups is 2. The summed E-state index contributed by atoms with van der Waals surface area (Å²) in [5.41, 5.74) is -0.710. The van der Waals surface area contributed by atoms with Crippen LogP contribution in [-0.2, 0) is 28.8 Å². The fraction of sp³-hybridized carbons (Fsp3) is 0.467. The van der Waals surface area contributed by atoms with Crippen molar-refractivity contribution < 1.29 is 28.8 Å². The van der Waals surface area contributed by atoms with Crippen molar-refractivity contribution in [3.8, 4) is 0 Å². The molecule has 21 heavy (non-hydrogen) atoms. The van der Waals surface area contributed by atoms with Gasteiger partial charge in [-0.1, -0.05) is 26.2 Å². The van der Waals surface area contributed by atoms with Crippen LogP contribution in [0.1, 0.15) is 13.3 Å². The summed E-state index contributed by atoms with van der Waals surface area (Å²) in [5, 5.41) is 0. The molecule has 0 aliphatic heterocycles. The molecule has 0 saturated heterocycles. The highest BCUT2D eigenvalue weighted by atomic mass is 17.2. The van der Waals surface area contributed by atoms with Crippen LogP contribution in [0.2, 0.25) is 0 Å². The monoisotopic (exact) mass is 298 g/mol. The Morgan fingerprint density at radius 2 is 1.48 bits per heavy atom. The van der Waals surface area contributed by atoms with Gasteiger partial charge < -0.3 is 9.47 Å². The van der Waals surface area contributed by atoms with Crippen molar-refractivity contribution in [3.05, 3.63) is 38.0 Å². The minimum atomic E-state index is -0.710. The van der Waals surface area contributed by atoms with Crippen molar-refractivity contribution in [2.45, 2.75) is 13.3 Å². The van der Waals surface area contributed by atoms with Gasteiger partial charge in [0.25, 0.3) is 0 Å². The first-order chi connectivity index (χ1) is 10.0. The lowest BCUT2D eigenvalue weighted by Crippen LogP contribution is -2.38. The molecule has 0 radical (unpaired) electrons. The Kier molecular flexibility index (Phi) is 9.83. The van der Waals surface area contributed by atoms with Gasteiger partial charge in [0.1, 0.15) is 19.8 Å². The first-order valence-electron chi connectivity index (χ1n) is 6.47. The van der Waals surface area contributed by atoms with E-state index in [1.807, 2.05) is 6.92 Å². The summed E-state index contributed by atoms with van der Waals surface area (Å²) in [5.74, 6) is -1.12. The highest BCUT2D eigenvalue weighted by Crippen LogP contribution is 2.24. The van der Waals surface area contributed by atoms with Crippen molar-refractivity contribution >= 4 is 11.9 Å². The molecule has 0 amide bonds. The second kappa shape index (κ2) is 10.8. The molecule has 0 aromatic heterocycles. The zero-order chi connectivity index (χ0) is 16.1. The third-order valence-corrected chi connectivity index (χ3v) is 2.76. The molecule has 0 saturated carbocycles. The number of hydrogen-bond donors (Lipinski definition) is 0. The Balaban J connectivity index is 4.67. The Morgan fingerprint density at radius 3 is 1.86 bits per heavy atom. The van der Waals surface area contributed by atoms with E-state index in [1.165, 1.54) is 6.08 Å². The smallest absolute Gasteiger partial charge is 0.330 e. The summed E-state index contributed by atoms with van der Waals surface area (Å²) in [6, 6.07) is 0. The number of rotatable bonds is 12. The highest BCUT2D eigenvalue weighted by molar-refractivity contribution is 5.81. The molecule has 0 rings (SSSR count). The predicted octanol–water partition coefficient (Wildman–Crippen LogP) is 1.98. The highest BCUT2D eigenvalue weighted by Gasteiger charge is 2.33. The average Bonchev–Trinajstić information content (AvgIpc) is 2.52. The number of ether oxygens (including phenoxy) is 2. The molecule has 0 heterocycles. The van der Waals surface area contributed by atoms with Crippen LogP contribution < -0.4 is 0 Å². The van der Waals surface area contributed by atoms with Gasteiger partial charge in [0.2, 0.25) is 0 Å². The second-order valence-electron chi connectivity index (χ2n) is 4.31. The Labute approximate surface area is 124 Å². The molecule has 0 aromatic carbocycles. The van der Waals surface area contributed by atoms with Crippen molar-refractivity contribution in [1.82, 2.24) is 0 Å². The zero-order valence-electron chi connectivity index (χ0n) is 12.3. The molecule has 0 bridgehead atoms. The first kappa shape index (κ1) is 19.1. The number of hydrogen-bond acceptors (Lipinski definition) is 6. The fourth-order valence-electron chi connectivity index (χ4n) is 1.26. The Morgan fingerprint density at radius 1 is 0.952 bits per heavy atom. The number of carbonyl (C=O) groups excluding carboxylic acids is 2. The molecule has 0 unspecified atom stereocenters. The van der Waals surface area contributed by atoms with Gasteiger partial charge in [-0.15, -0.1) is 6.58 Å². The van der Waals surface area contributed by atoms with Crippen molar-refractivity contribution in [2.24, 2.45) is 5.41 Å². The van der Waals surface area contributed by atoms with E-state index in [1.54, 1.807) is 0 Å². The van der Waals surface area contributed by atoms with E-state index >= 15 is 0 Å². The van der Waals surface area contributed by atoms with Gasteiger partial charge in [0, 0.05) is 12.2 Å². The van der Waals surface area contributed by atoms with E-state index in [4.69, 9.17) is 19.2 Å². The SMILES string of the molecule is C=CCOOCC(CC)(COC(=O)C=C)COC(=O)C=C. The van der Waals surface area contributed by atoms with Crippen LogP contribution in [0.25, 0.3) is 0 Å². The molecular formula is C15H22O6.